The molecule has 0 spiro atoms. The van der Waals surface area contributed by atoms with Crippen LogP contribution in [0.2, 0.25) is 0 Å². The molecule has 1 saturated heterocycles. The van der Waals surface area contributed by atoms with Crippen molar-refractivity contribution in [2.75, 3.05) is 34.4 Å². The molecule has 9 heteroatoms. The largest absolute Gasteiger partial charge is 0.497 e. The van der Waals surface area contributed by atoms with Crippen LogP contribution in [0.5, 0.6) is 11.5 Å². The molecule has 2 heterocycles. The van der Waals surface area contributed by atoms with E-state index < -0.39 is 10.0 Å². The van der Waals surface area contributed by atoms with Gasteiger partial charge in [-0.05, 0) is 32.0 Å². The second kappa shape index (κ2) is 8.98. The maximum atomic E-state index is 12.8. The summed E-state index contributed by atoms with van der Waals surface area (Å²) in [6, 6.07) is 8.26. The maximum absolute atomic E-state index is 12.8. The van der Waals surface area contributed by atoms with Crippen LogP contribution in [0.1, 0.15) is 18.4 Å². The van der Waals surface area contributed by atoms with Crippen molar-refractivity contribution in [2.24, 2.45) is 0 Å². The predicted octanol–water partition coefficient (Wildman–Crippen LogP) is 1.74. The van der Waals surface area contributed by atoms with Crippen molar-refractivity contribution < 1.29 is 17.9 Å². The Morgan fingerprint density at radius 3 is 2.45 bits per heavy atom. The van der Waals surface area contributed by atoms with Gasteiger partial charge < -0.3 is 14.0 Å². The zero-order valence-corrected chi connectivity index (χ0v) is 17.8. The SMILES string of the molecule is COc1ccc(CN(C)Cn2cc(S(=O)(=O)N3CCCC3)ccc2=O)c(OC)c1. The summed E-state index contributed by atoms with van der Waals surface area (Å²) < 4.78 is 39.1. The highest BCUT2D eigenvalue weighted by Crippen LogP contribution is 2.25. The van der Waals surface area contributed by atoms with Crippen LogP contribution in [0.3, 0.4) is 0 Å². The van der Waals surface area contributed by atoms with Crippen molar-refractivity contribution >= 4 is 10.0 Å². The molecule has 8 nitrogen and oxygen atoms in total. The number of sulfonamides is 1. The molecule has 3 rings (SSSR count). The van der Waals surface area contributed by atoms with Crippen molar-refractivity contribution in [2.45, 2.75) is 31.0 Å². The highest BCUT2D eigenvalue weighted by Gasteiger charge is 2.27. The van der Waals surface area contributed by atoms with Crippen molar-refractivity contribution in [3.63, 3.8) is 0 Å². The van der Waals surface area contributed by atoms with E-state index >= 15 is 0 Å². The van der Waals surface area contributed by atoms with Gasteiger partial charge in [-0.1, -0.05) is 6.07 Å². The number of nitrogens with zero attached hydrogens (tertiary/aromatic N) is 3. The van der Waals surface area contributed by atoms with Gasteiger partial charge in [0.25, 0.3) is 5.56 Å². The van der Waals surface area contributed by atoms with Gasteiger partial charge in [-0.15, -0.1) is 0 Å². The summed E-state index contributed by atoms with van der Waals surface area (Å²) in [5.41, 5.74) is 0.684. The van der Waals surface area contributed by atoms with Gasteiger partial charge in [0.05, 0.1) is 25.8 Å². The topological polar surface area (TPSA) is 81.1 Å². The van der Waals surface area contributed by atoms with Crippen LogP contribution in [-0.4, -0.2) is 56.5 Å². The van der Waals surface area contributed by atoms with Gasteiger partial charge in [0.15, 0.2) is 0 Å². The normalized spacial score (nSPS) is 15.0. The highest BCUT2D eigenvalue weighted by atomic mass is 32.2. The van der Waals surface area contributed by atoms with E-state index in [2.05, 4.69) is 0 Å². The first kappa shape index (κ1) is 21.4. The lowest BCUT2D eigenvalue weighted by Gasteiger charge is -2.21. The van der Waals surface area contributed by atoms with E-state index in [1.165, 1.54) is 27.2 Å². The fourth-order valence-electron chi connectivity index (χ4n) is 3.43. The molecule has 2 aromatic rings. The fraction of sp³-hybridized carbons (Fsp3) is 0.450. The molecule has 0 unspecified atom stereocenters. The summed E-state index contributed by atoms with van der Waals surface area (Å²) in [6.45, 7) is 1.82. The van der Waals surface area contributed by atoms with Crippen LogP contribution >= 0.6 is 0 Å². The molecule has 1 aromatic carbocycles. The molecule has 1 aromatic heterocycles. The second-order valence-corrected chi connectivity index (χ2v) is 9.06. The van der Waals surface area contributed by atoms with E-state index in [0.717, 1.165) is 18.4 Å². The molecule has 0 bridgehead atoms. The molecule has 29 heavy (non-hydrogen) atoms. The number of rotatable bonds is 8. The van der Waals surface area contributed by atoms with Crippen LogP contribution in [0.25, 0.3) is 0 Å². The van der Waals surface area contributed by atoms with Gasteiger partial charge in [-0.3, -0.25) is 9.69 Å². The third kappa shape index (κ3) is 4.80. The van der Waals surface area contributed by atoms with E-state index in [-0.39, 0.29) is 17.1 Å². The summed E-state index contributed by atoms with van der Waals surface area (Å²) in [5.74, 6) is 1.39. The Morgan fingerprint density at radius 2 is 1.79 bits per heavy atom. The van der Waals surface area contributed by atoms with Crippen LogP contribution in [0, 0.1) is 0 Å². The number of aromatic nitrogens is 1. The van der Waals surface area contributed by atoms with E-state index in [1.54, 1.807) is 20.3 Å². The predicted molar refractivity (Wildman–Crippen MR) is 110 cm³/mol. The standard InChI is InChI=1S/C20H27N3O5S/c1-21(13-16-6-7-17(27-2)12-19(16)28-3)15-22-14-18(8-9-20(22)24)29(25,26)23-10-4-5-11-23/h6-9,12,14H,4-5,10-11,13,15H2,1-3H3. The van der Waals surface area contributed by atoms with E-state index in [4.69, 9.17) is 9.47 Å². The summed E-state index contributed by atoms with van der Waals surface area (Å²) in [4.78, 5) is 14.4. The quantitative estimate of drug-likeness (QED) is 0.646. The Morgan fingerprint density at radius 1 is 1.07 bits per heavy atom. The Kier molecular flexibility index (Phi) is 6.61. The summed E-state index contributed by atoms with van der Waals surface area (Å²) in [7, 11) is 1.48. The molecule has 0 amide bonds. The highest BCUT2D eigenvalue weighted by molar-refractivity contribution is 7.89. The first-order valence-corrected chi connectivity index (χ1v) is 10.9. The molecule has 1 aliphatic heterocycles. The number of ether oxygens (including phenoxy) is 2. The van der Waals surface area contributed by atoms with Crippen molar-refractivity contribution in [3.8, 4) is 11.5 Å². The number of hydrogen-bond acceptors (Lipinski definition) is 6. The molecule has 0 aliphatic carbocycles. The van der Waals surface area contributed by atoms with Crippen molar-refractivity contribution in [1.82, 2.24) is 13.8 Å². The van der Waals surface area contributed by atoms with Gasteiger partial charge in [-0.2, -0.15) is 4.31 Å². The lowest BCUT2D eigenvalue weighted by atomic mass is 10.2. The third-order valence-corrected chi connectivity index (χ3v) is 6.87. The van der Waals surface area contributed by atoms with Crippen LogP contribution in [0.4, 0.5) is 0 Å². The Hall–Kier alpha value is -2.36. The zero-order valence-electron chi connectivity index (χ0n) is 17.0. The van der Waals surface area contributed by atoms with Crippen LogP contribution in [-0.2, 0) is 23.2 Å². The number of hydrogen-bond donors (Lipinski definition) is 0. The Balaban J connectivity index is 1.79. The molecule has 0 saturated carbocycles. The van der Waals surface area contributed by atoms with Gasteiger partial charge in [0.1, 0.15) is 11.5 Å². The molecule has 0 N–H and O–H groups in total. The summed E-state index contributed by atoms with van der Waals surface area (Å²) in [6.07, 6.45) is 3.16. The molecule has 1 aliphatic rings. The number of pyridine rings is 1. The zero-order chi connectivity index (χ0) is 21.0. The minimum atomic E-state index is -3.57. The smallest absolute Gasteiger partial charge is 0.251 e. The average molecular weight is 422 g/mol. The van der Waals surface area contributed by atoms with E-state index in [9.17, 15) is 13.2 Å². The molecule has 158 valence electrons. The lowest BCUT2D eigenvalue weighted by molar-refractivity contribution is 0.251. The van der Waals surface area contributed by atoms with Crippen molar-refractivity contribution in [3.05, 3.63) is 52.4 Å². The van der Waals surface area contributed by atoms with E-state index in [0.29, 0.717) is 31.1 Å². The lowest BCUT2D eigenvalue weighted by Crippen LogP contribution is -2.32. The molecule has 0 atom stereocenters. The van der Waals surface area contributed by atoms with Crippen LogP contribution < -0.4 is 15.0 Å². The molecule has 0 radical (unpaired) electrons. The Labute approximate surface area is 171 Å². The summed E-state index contributed by atoms with van der Waals surface area (Å²) >= 11 is 0. The van der Waals surface area contributed by atoms with Gasteiger partial charge >= 0.3 is 0 Å². The first-order chi connectivity index (χ1) is 13.8. The van der Waals surface area contributed by atoms with E-state index in [1.807, 2.05) is 24.1 Å². The third-order valence-electron chi connectivity index (χ3n) is 4.99. The minimum absolute atomic E-state index is 0.148. The maximum Gasteiger partial charge on any atom is 0.251 e. The average Bonchev–Trinajstić information content (AvgIpc) is 3.25. The number of benzene rings is 1. The molecular weight excluding hydrogens is 394 g/mol. The van der Waals surface area contributed by atoms with Gasteiger partial charge in [0, 0.05) is 43.5 Å². The second-order valence-electron chi connectivity index (χ2n) is 7.12. The van der Waals surface area contributed by atoms with Gasteiger partial charge in [-0.25, -0.2) is 8.42 Å². The van der Waals surface area contributed by atoms with Gasteiger partial charge in [0.2, 0.25) is 10.0 Å². The molecular formula is C20H27N3O5S. The Bertz CT molecular complexity index is 1010. The van der Waals surface area contributed by atoms with Crippen molar-refractivity contribution in [1.29, 1.82) is 0 Å². The first-order valence-electron chi connectivity index (χ1n) is 9.45. The monoisotopic (exact) mass is 421 g/mol. The summed E-state index contributed by atoms with van der Waals surface area (Å²) in [5, 5.41) is 0. The number of methoxy groups -OCH3 is 2. The fourth-order valence-corrected chi connectivity index (χ4v) is 4.97. The van der Waals surface area contributed by atoms with Crippen LogP contribution in [0.15, 0.2) is 46.2 Å². The minimum Gasteiger partial charge on any atom is -0.497 e. The molecule has 1 fully saturated rings.